The van der Waals surface area contributed by atoms with Crippen molar-refractivity contribution in [3.05, 3.63) is 59.7 Å². The first-order valence-electron chi connectivity index (χ1n) is 8.01. The Morgan fingerprint density at radius 2 is 1.65 bits per heavy atom. The molecule has 8 nitrogen and oxygen atoms in total. The average Bonchev–Trinajstić information content (AvgIpc) is 2.64. The highest BCUT2D eigenvalue weighted by Gasteiger charge is 2.15. The van der Waals surface area contributed by atoms with E-state index < -0.39 is 11.8 Å². The number of carbonyl (C=O) groups excluding carboxylic acids is 3. The third kappa shape index (κ3) is 5.37. The topological polar surface area (TPSA) is 113 Å². The SMILES string of the molecule is CC(C)(C)c1ccc(C(=O)NCC(=O)NNC(=O)c2cnccn2)cc1. The van der Waals surface area contributed by atoms with Crippen LogP contribution in [0.2, 0.25) is 0 Å². The van der Waals surface area contributed by atoms with Crippen LogP contribution in [0.15, 0.2) is 42.9 Å². The summed E-state index contributed by atoms with van der Waals surface area (Å²) in [6.07, 6.45) is 4.06. The second-order valence-electron chi connectivity index (χ2n) is 6.60. The fourth-order valence-corrected chi connectivity index (χ4v) is 2.04. The summed E-state index contributed by atoms with van der Waals surface area (Å²) in [6.45, 7) is 5.98. The Bertz CT molecular complexity index is 783. The lowest BCUT2D eigenvalue weighted by Gasteiger charge is -2.19. The van der Waals surface area contributed by atoms with Gasteiger partial charge in [-0.1, -0.05) is 32.9 Å². The largest absolute Gasteiger partial charge is 0.343 e. The van der Waals surface area contributed by atoms with Crippen LogP contribution in [-0.4, -0.2) is 34.2 Å². The number of carbonyl (C=O) groups is 3. The van der Waals surface area contributed by atoms with Crippen LogP contribution in [-0.2, 0) is 10.2 Å². The molecule has 1 heterocycles. The van der Waals surface area contributed by atoms with Gasteiger partial charge in [-0.2, -0.15) is 0 Å². The molecular weight excluding hydrogens is 334 g/mol. The molecule has 26 heavy (non-hydrogen) atoms. The smallest absolute Gasteiger partial charge is 0.289 e. The van der Waals surface area contributed by atoms with E-state index in [1.165, 1.54) is 18.6 Å². The Hall–Kier alpha value is -3.29. The van der Waals surface area contributed by atoms with Crippen molar-refractivity contribution < 1.29 is 14.4 Å². The minimum atomic E-state index is -0.601. The molecule has 3 amide bonds. The standard InChI is InChI=1S/C18H21N5O3/c1-18(2,3)13-6-4-12(5-7-13)16(25)21-11-15(24)22-23-17(26)14-10-19-8-9-20-14/h4-10H,11H2,1-3H3,(H,21,25)(H,22,24)(H,23,26). The number of hydrogen-bond acceptors (Lipinski definition) is 5. The van der Waals surface area contributed by atoms with Gasteiger partial charge >= 0.3 is 0 Å². The van der Waals surface area contributed by atoms with Crippen molar-refractivity contribution in [1.29, 1.82) is 0 Å². The number of amides is 3. The van der Waals surface area contributed by atoms with Crippen LogP contribution >= 0.6 is 0 Å². The first-order chi connectivity index (χ1) is 12.3. The molecule has 0 saturated carbocycles. The molecule has 2 rings (SSSR count). The van der Waals surface area contributed by atoms with Gasteiger partial charge in [0.2, 0.25) is 0 Å². The van der Waals surface area contributed by atoms with Crippen molar-refractivity contribution in [3.63, 3.8) is 0 Å². The van der Waals surface area contributed by atoms with Gasteiger partial charge in [-0.05, 0) is 23.1 Å². The first kappa shape index (κ1) is 19.0. The molecule has 0 bridgehead atoms. The molecule has 1 aromatic carbocycles. The first-order valence-corrected chi connectivity index (χ1v) is 8.01. The van der Waals surface area contributed by atoms with Gasteiger partial charge in [-0.15, -0.1) is 0 Å². The summed E-state index contributed by atoms with van der Waals surface area (Å²) in [5, 5.41) is 2.49. The molecule has 1 aromatic heterocycles. The maximum Gasteiger partial charge on any atom is 0.289 e. The molecule has 0 radical (unpaired) electrons. The normalized spacial score (nSPS) is 10.7. The van der Waals surface area contributed by atoms with E-state index in [-0.39, 0.29) is 23.6 Å². The summed E-state index contributed by atoms with van der Waals surface area (Å²) >= 11 is 0. The fraction of sp³-hybridized carbons (Fsp3) is 0.278. The van der Waals surface area contributed by atoms with Gasteiger partial charge in [-0.25, -0.2) is 4.98 Å². The highest BCUT2D eigenvalue weighted by molar-refractivity contribution is 5.97. The summed E-state index contributed by atoms with van der Waals surface area (Å²) in [6, 6.07) is 7.19. The van der Waals surface area contributed by atoms with Gasteiger partial charge < -0.3 is 5.32 Å². The molecular formula is C18H21N5O3. The van der Waals surface area contributed by atoms with Gasteiger partial charge in [0.25, 0.3) is 17.7 Å². The Kier molecular flexibility index (Phi) is 6.00. The minimum Gasteiger partial charge on any atom is -0.343 e. The van der Waals surface area contributed by atoms with E-state index in [4.69, 9.17) is 0 Å². The lowest BCUT2D eigenvalue weighted by molar-refractivity contribution is -0.120. The Morgan fingerprint density at radius 1 is 0.962 bits per heavy atom. The van der Waals surface area contributed by atoms with Gasteiger partial charge in [-0.3, -0.25) is 30.2 Å². The zero-order chi connectivity index (χ0) is 19.2. The summed E-state index contributed by atoms with van der Waals surface area (Å²) in [5.74, 6) is -1.54. The Labute approximate surface area is 151 Å². The maximum absolute atomic E-state index is 12.1. The van der Waals surface area contributed by atoms with E-state index >= 15 is 0 Å². The summed E-state index contributed by atoms with van der Waals surface area (Å²) in [7, 11) is 0. The van der Waals surface area contributed by atoms with Crippen LogP contribution in [0.1, 0.15) is 47.2 Å². The van der Waals surface area contributed by atoms with Crippen LogP contribution in [0.5, 0.6) is 0 Å². The maximum atomic E-state index is 12.1. The molecule has 0 aliphatic heterocycles. The van der Waals surface area contributed by atoms with Gasteiger partial charge in [0.1, 0.15) is 5.69 Å². The quantitative estimate of drug-likeness (QED) is 0.707. The van der Waals surface area contributed by atoms with Gasteiger partial charge in [0, 0.05) is 18.0 Å². The lowest BCUT2D eigenvalue weighted by atomic mass is 9.87. The zero-order valence-corrected chi connectivity index (χ0v) is 14.9. The highest BCUT2D eigenvalue weighted by Crippen LogP contribution is 2.22. The van der Waals surface area contributed by atoms with Crippen LogP contribution in [0, 0.1) is 0 Å². The lowest BCUT2D eigenvalue weighted by Crippen LogP contribution is -2.46. The zero-order valence-electron chi connectivity index (χ0n) is 14.9. The van der Waals surface area contributed by atoms with Crippen LogP contribution in [0.4, 0.5) is 0 Å². The molecule has 8 heteroatoms. The number of aromatic nitrogens is 2. The van der Waals surface area contributed by atoms with Crippen molar-refractivity contribution in [2.24, 2.45) is 0 Å². The molecule has 0 aliphatic carbocycles. The number of nitrogens with one attached hydrogen (secondary N) is 3. The predicted molar refractivity (Wildman–Crippen MR) is 95.1 cm³/mol. The van der Waals surface area contributed by atoms with E-state index in [0.29, 0.717) is 5.56 Å². The van der Waals surface area contributed by atoms with Crippen LogP contribution < -0.4 is 16.2 Å². The average molecular weight is 355 g/mol. The molecule has 0 unspecified atom stereocenters. The summed E-state index contributed by atoms with van der Waals surface area (Å²) < 4.78 is 0. The van der Waals surface area contributed by atoms with E-state index in [1.54, 1.807) is 12.1 Å². The number of hydrogen-bond donors (Lipinski definition) is 3. The van der Waals surface area contributed by atoms with Crippen molar-refractivity contribution >= 4 is 17.7 Å². The van der Waals surface area contributed by atoms with Crippen LogP contribution in [0.25, 0.3) is 0 Å². The fourth-order valence-electron chi connectivity index (χ4n) is 2.04. The molecule has 3 N–H and O–H groups in total. The van der Waals surface area contributed by atoms with Crippen molar-refractivity contribution in [2.75, 3.05) is 6.54 Å². The number of rotatable bonds is 4. The number of hydrazine groups is 1. The molecule has 0 spiro atoms. The molecule has 0 atom stereocenters. The van der Waals surface area contributed by atoms with E-state index in [9.17, 15) is 14.4 Å². The Balaban J connectivity index is 1.80. The number of nitrogens with zero attached hydrogens (tertiary/aromatic N) is 2. The monoisotopic (exact) mass is 355 g/mol. The number of benzene rings is 1. The minimum absolute atomic E-state index is 0.00374. The van der Waals surface area contributed by atoms with Crippen molar-refractivity contribution in [1.82, 2.24) is 26.1 Å². The van der Waals surface area contributed by atoms with E-state index in [0.717, 1.165) is 5.56 Å². The summed E-state index contributed by atoms with van der Waals surface area (Å²) in [4.78, 5) is 43.1. The third-order valence-electron chi connectivity index (χ3n) is 3.53. The predicted octanol–water partition coefficient (Wildman–Crippen LogP) is 0.965. The van der Waals surface area contributed by atoms with Gasteiger partial charge in [0.15, 0.2) is 0 Å². The second kappa shape index (κ2) is 8.19. The van der Waals surface area contributed by atoms with Crippen LogP contribution in [0.3, 0.4) is 0 Å². The van der Waals surface area contributed by atoms with Crippen molar-refractivity contribution in [2.45, 2.75) is 26.2 Å². The third-order valence-corrected chi connectivity index (χ3v) is 3.53. The molecule has 2 aromatic rings. The second-order valence-corrected chi connectivity index (χ2v) is 6.60. The highest BCUT2D eigenvalue weighted by atomic mass is 16.2. The molecule has 0 aliphatic rings. The van der Waals surface area contributed by atoms with Gasteiger partial charge in [0.05, 0.1) is 12.7 Å². The molecule has 0 fully saturated rings. The van der Waals surface area contributed by atoms with Crippen molar-refractivity contribution in [3.8, 4) is 0 Å². The summed E-state index contributed by atoms with van der Waals surface area (Å²) in [5.41, 5.74) is 6.01. The molecule has 136 valence electrons. The van der Waals surface area contributed by atoms with E-state index in [1.807, 2.05) is 12.1 Å². The van der Waals surface area contributed by atoms with E-state index in [2.05, 4.69) is 46.9 Å². The Morgan fingerprint density at radius 3 is 2.23 bits per heavy atom. The molecule has 0 saturated heterocycles.